The van der Waals surface area contributed by atoms with Gasteiger partial charge in [-0.2, -0.15) is 0 Å². The van der Waals surface area contributed by atoms with Crippen molar-refractivity contribution >= 4 is 34.8 Å². The van der Waals surface area contributed by atoms with Crippen molar-refractivity contribution in [2.45, 2.75) is 20.8 Å². The summed E-state index contributed by atoms with van der Waals surface area (Å²) in [7, 11) is 1.57. The number of carbonyl (C=O) groups excluding carboxylic acids is 2. The lowest BCUT2D eigenvalue weighted by Crippen LogP contribution is -2.41. The molecule has 0 saturated heterocycles. The Hall–Kier alpha value is -1.95. The van der Waals surface area contributed by atoms with Crippen molar-refractivity contribution in [3.63, 3.8) is 0 Å². The Morgan fingerprint density at radius 2 is 1.85 bits per heavy atom. The molecule has 0 aromatic heterocycles. The van der Waals surface area contributed by atoms with Crippen molar-refractivity contribution in [2.24, 2.45) is 5.41 Å². The lowest BCUT2D eigenvalue weighted by Gasteiger charge is -2.18. The number of hydrogen-bond donors (Lipinski definition) is 3. The largest absolute Gasteiger partial charge is 0.355 e. The van der Waals surface area contributed by atoms with Crippen molar-refractivity contribution < 1.29 is 9.59 Å². The number of thiocarbonyl (C=S) groups is 1. The average molecular weight is 293 g/mol. The molecule has 1 rings (SSSR count). The second-order valence-corrected chi connectivity index (χ2v) is 5.73. The van der Waals surface area contributed by atoms with Crippen LogP contribution in [0.5, 0.6) is 0 Å². The third-order valence-electron chi connectivity index (χ3n) is 2.52. The number of carbonyl (C=O) groups is 2. The van der Waals surface area contributed by atoms with Gasteiger partial charge in [-0.15, -0.1) is 0 Å². The molecule has 0 radical (unpaired) electrons. The Bertz CT molecular complexity index is 535. The predicted molar refractivity (Wildman–Crippen MR) is 83.7 cm³/mol. The quantitative estimate of drug-likeness (QED) is 0.729. The van der Waals surface area contributed by atoms with Gasteiger partial charge in [0.05, 0.1) is 0 Å². The Labute approximate surface area is 124 Å². The summed E-state index contributed by atoms with van der Waals surface area (Å²) in [6, 6.07) is 6.86. The van der Waals surface area contributed by atoms with E-state index in [-0.39, 0.29) is 16.9 Å². The lowest BCUT2D eigenvalue weighted by atomic mass is 9.96. The fourth-order valence-corrected chi connectivity index (χ4v) is 1.55. The summed E-state index contributed by atoms with van der Waals surface area (Å²) in [5.41, 5.74) is 0.642. The van der Waals surface area contributed by atoms with Gasteiger partial charge in [-0.1, -0.05) is 26.8 Å². The van der Waals surface area contributed by atoms with Crippen LogP contribution in [0.25, 0.3) is 0 Å². The molecular formula is C14H19N3O2S. The molecule has 0 heterocycles. The summed E-state index contributed by atoms with van der Waals surface area (Å²) >= 11 is 5.07. The van der Waals surface area contributed by atoms with Crippen LogP contribution >= 0.6 is 12.2 Å². The van der Waals surface area contributed by atoms with Crippen LogP contribution < -0.4 is 16.0 Å². The Balaban J connectivity index is 2.72. The number of rotatable bonds is 2. The summed E-state index contributed by atoms with van der Waals surface area (Å²) in [5.74, 6) is -0.351. The molecule has 3 N–H and O–H groups in total. The highest BCUT2D eigenvalue weighted by Crippen LogP contribution is 2.13. The van der Waals surface area contributed by atoms with E-state index < -0.39 is 5.41 Å². The molecule has 108 valence electrons. The maximum Gasteiger partial charge on any atom is 0.251 e. The first-order valence-corrected chi connectivity index (χ1v) is 6.59. The second-order valence-electron chi connectivity index (χ2n) is 5.32. The van der Waals surface area contributed by atoms with Crippen molar-refractivity contribution in [3.8, 4) is 0 Å². The number of anilines is 1. The van der Waals surface area contributed by atoms with Gasteiger partial charge in [-0.25, -0.2) is 0 Å². The van der Waals surface area contributed by atoms with Gasteiger partial charge >= 0.3 is 0 Å². The van der Waals surface area contributed by atoms with Crippen molar-refractivity contribution in [3.05, 3.63) is 29.8 Å². The van der Waals surface area contributed by atoms with Gasteiger partial charge in [0, 0.05) is 23.7 Å². The van der Waals surface area contributed by atoms with Gasteiger partial charge in [0.2, 0.25) is 5.91 Å². The molecule has 0 bridgehead atoms. The normalized spacial score (nSPS) is 10.6. The summed E-state index contributed by atoms with van der Waals surface area (Å²) in [6.45, 7) is 5.41. The van der Waals surface area contributed by atoms with Crippen LogP contribution in [-0.2, 0) is 4.79 Å². The fourth-order valence-electron chi connectivity index (χ4n) is 1.34. The summed E-state index contributed by atoms with van der Waals surface area (Å²) < 4.78 is 0. The Morgan fingerprint density at radius 1 is 1.20 bits per heavy atom. The summed E-state index contributed by atoms with van der Waals surface area (Å²) in [6.07, 6.45) is 0. The molecule has 0 aliphatic heterocycles. The predicted octanol–water partition coefficient (Wildman–Crippen LogP) is 1.91. The van der Waals surface area contributed by atoms with Gasteiger partial charge < -0.3 is 16.0 Å². The van der Waals surface area contributed by atoms with Gasteiger partial charge in [-0.05, 0) is 30.4 Å². The fraction of sp³-hybridized carbons (Fsp3) is 0.357. The van der Waals surface area contributed by atoms with Gasteiger partial charge in [0.1, 0.15) is 0 Å². The molecule has 1 aromatic rings. The van der Waals surface area contributed by atoms with Crippen LogP contribution in [-0.4, -0.2) is 24.0 Å². The van der Waals surface area contributed by atoms with Gasteiger partial charge in [-0.3, -0.25) is 9.59 Å². The molecule has 0 aliphatic carbocycles. The van der Waals surface area contributed by atoms with Crippen molar-refractivity contribution in [1.29, 1.82) is 0 Å². The molecule has 0 atom stereocenters. The maximum absolute atomic E-state index is 11.8. The van der Waals surface area contributed by atoms with Crippen molar-refractivity contribution in [2.75, 3.05) is 12.4 Å². The van der Waals surface area contributed by atoms with Crippen LogP contribution in [0.15, 0.2) is 24.3 Å². The van der Waals surface area contributed by atoms with Crippen LogP contribution in [0.2, 0.25) is 0 Å². The highest BCUT2D eigenvalue weighted by atomic mass is 32.1. The van der Waals surface area contributed by atoms with Crippen LogP contribution in [0.1, 0.15) is 31.1 Å². The number of nitrogens with one attached hydrogen (secondary N) is 3. The minimum atomic E-state index is -0.518. The Morgan fingerprint density at radius 3 is 2.40 bits per heavy atom. The molecule has 0 spiro atoms. The Kier molecular flexibility index (Phi) is 5.21. The summed E-state index contributed by atoms with van der Waals surface area (Å²) in [5, 5.41) is 8.25. The SMILES string of the molecule is CNC(=O)c1cccc(NC(=S)NC(=O)C(C)(C)C)c1. The zero-order valence-corrected chi connectivity index (χ0v) is 12.9. The lowest BCUT2D eigenvalue weighted by molar-refractivity contribution is -0.126. The zero-order valence-electron chi connectivity index (χ0n) is 12.0. The third kappa shape index (κ3) is 4.62. The van der Waals surface area contributed by atoms with Crippen molar-refractivity contribution in [1.82, 2.24) is 10.6 Å². The maximum atomic E-state index is 11.8. The van der Waals surface area contributed by atoms with E-state index in [4.69, 9.17) is 12.2 Å². The number of amides is 2. The van der Waals surface area contributed by atoms with E-state index in [0.29, 0.717) is 11.3 Å². The molecular weight excluding hydrogens is 274 g/mol. The first-order chi connectivity index (χ1) is 9.24. The molecule has 5 nitrogen and oxygen atoms in total. The number of benzene rings is 1. The third-order valence-corrected chi connectivity index (χ3v) is 2.72. The van der Waals surface area contributed by atoms with Crippen LogP contribution in [0, 0.1) is 5.41 Å². The van der Waals surface area contributed by atoms with E-state index in [1.807, 2.05) is 0 Å². The molecule has 0 unspecified atom stereocenters. The molecule has 0 saturated carbocycles. The topological polar surface area (TPSA) is 70.2 Å². The molecule has 2 amide bonds. The average Bonchev–Trinajstić information content (AvgIpc) is 2.36. The van der Waals surface area contributed by atoms with Gasteiger partial charge in [0.25, 0.3) is 5.91 Å². The first-order valence-electron chi connectivity index (χ1n) is 6.18. The first kappa shape index (κ1) is 16.1. The monoisotopic (exact) mass is 293 g/mol. The zero-order chi connectivity index (χ0) is 15.3. The highest BCUT2D eigenvalue weighted by molar-refractivity contribution is 7.80. The molecule has 0 aliphatic rings. The van der Waals surface area contributed by atoms with E-state index in [1.54, 1.807) is 52.1 Å². The number of hydrogen-bond acceptors (Lipinski definition) is 3. The highest BCUT2D eigenvalue weighted by Gasteiger charge is 2.21. The molecule has 1 aromatic carbocycles. The van der Waals surface area contributed by atoms with E-state index in [2.05, 4.69) is 16.0 Å². The smallest absolute Gasteiger partial charge is 0.251 e. The van der Waals surface area contributed by atoms with Crippen LogP contribution in [0.4, 0.5) is 5.69 Å². The van der Waals surface area contributed by atoms with E-state index >= 15 is 0 Å². The molecule has 6 heteroatoms. The van der Waals surface area contributed by atoms with E-state index in [9.17, 15) is 9.59 Å². The molecule has 0 fully saturated rings. The van der Waals surface area contributed by atoms with Gasteiger partial charge in [0.15, 0.2) is 5.11 Å². The standard InChI is InChI=1S/C14H19N3O2S/c1-14(2,3)12(19)17-13(20)16-10-7-5-6-9(8-10)11(18)15-4/h5-8H,1-4H3,(H,15,18)(H2,16,17,19,20). The minimum Gasteiger partial charge on any atom is -0.355 e. The van der Waals surface area contributed by atoms with E-state index in [1.165, 1.54) is 0 Å². The second kappa shape index (κ2) is 6.47. The molecule has 20 heavy (non-hydrogen) atoms. The minimum absolute atomic E-state index is 0.169. The summed E-state index contributed by atoms with van der Waals surface area (Å²) in [4.78, 5) is 23.3. The van der Waals surface area contributed by atoms with Crippen LogP contribution in [0.3, 0.4) is 0 Å². The van der Waals surface area contributed by atoms with E-state index in [0.717, 1.165) is 0 Å².